The molecule has 7 atom stereocenters. The number of carbonyl (C=O) groups excluding carboxylic acids is 7. The van der Waals surface area contributed by atoms with Gasteiger partial charge < -0.3 is 55.0 Å². The first-order valence-electron chi connectivity index (χ1n) is 31.6. The summed E-state index contributed by atoms with van der Waals surface area (Å²) in [5.41, 5.74) is 4.56. The number of likely N-dealkylation sites (tertiary alicyclic amines) is 1. The maximum absolute atomic E-state index is 15.5. The highest BCUT2D eigenvalue weighted by Crippen LogP contribution is 2.44. The number of carboxylic acid groups (broad SMARTS) is 1. The zero-order valence-electron chi connectivity index (χ0n) is 55.2. The Morgan fingerprint density at radius 2 is 1.28 bits per heavy atom. The number of alkyl carbamates (subject to hydrolysis) is 1. The number of amides is 6. The lowest BCUT2D eigenvalue weighted by atomic mass is 9.85. The number of nitrogens with zero attached hydrogens (tertiary/aromatic N) is 5. The summed E-state index contributed by atoms with van der Waals surface area (Å²) < 4.78 is 29.4. The maximum atomic E-state index is 15.5. The van der Waals surface area contributed by atoms with Gasteiger partial charge in [-0.2, -0.15) is 0 Å². The Hall–Kier alpha value is -10.8. The van der Waals surface area contributed by atoms with E-state index in [0.717, 1.165) is 37.9 Å². The van der Waals surface area contributed by atoms with Crippen LogP contribution in [-0.4, -0.2) is 153 Å². The van der Waals surface area contributed by atoms with E-state index in [2.05, 4.69) is 37.5 Å². The van der Waals surface area contributed by atoms with Crippen LogP contribution >= 0.6 is 0 Å². The summed E-state index contributed by atoms with van der Waals surface area (Å²) in [6.07, 6.45) is 5.33. The van der Waals surface area contributed by atoms with E-state index in [9.17, 15) is 33.9 Å². The van der Waals surface area contributed by atoms with Crippen LogP contribution in [0.1, 0.15) is 100 Å². The van der Waals surface area contributed by atoms with Crippen LogP contribution in [0.2, 0.25) is 0 Å². The lowest BCUT2D eigenvalue weighted by Crippen LogP contribution is -2.62. The summed E-state index contributed by atoms with van der Waals surface area (Å²) in [6.45, 7) is 11.7. The highest BCUT2D eigenvalue weighted by atomic mass is 16.6. The molecule has 1 aromatic heterocycles. The van der Waals surface area contributed by atoms with E-state index in [1.807, 2.05) is 91.0 Å². The molecule has 1 saturated heterocycles. The molecule has 2 heterocycles. The van der Waals surface area contributed by atoms with Crippen molar-refractivity contribution >= 4 is 58.5 Å². The number of methoxy groups -OCH3 is 1. The zero-order valence-corrected chi connectivity index (χ0v) is 55.2. The van der Waals surface area contributed by atoms with Crippen LogP contribution < -0.4 is 30.7 Å². The monoisotopic (exact) mass is 1310 g/mol. The molecule has 1 aliphatic heterocycles. The minimum atomic E-state index is -1.46. The molecule has 0 spiro atoms. The van der Waals surface area contributed by atoms with Crippen molar-refractivity contribution in [2.75, 3.05) is 33.9 Å². The van der Waals surface area contributed by atoms with Gasteiger partial charge in [0.2, 0.25) is 23.6 Å². The third-order valence-corrected chi connectivity index (χ3v) is 16.9. The van der Waals surface area contributed by atoms with Crippen LogP contribution in [0.15, 0.2) is 146 Å². The Labute approximate surface area is 557 Å². The fourth-order valence-electron chi connectivity index (χ4n) is 11.8. The SMILES string of the molecule is C#CCOc1ccc(CC(NC(=O)[C@H](Cc2ccc3ccccc3c2)NC(=O)[C@@H]2[C@H](n3cc(COc4ccc(C[C@H](NC(=O)OCC5c6ccccc6-c6ccccc65)C(=O)OC)cc4)nn3)CCN2C(=O)[C@@H](NC(=O)[C@H](C)N(C)C(=O)OC(C)(C)C)C(C)(C)C)C(=O)O)cc1. The number of hydrogen-bond acceptors (Lipinski definition) is 15. The van der Waals surface area contributed by atoms with Gasteiger partial charge in [-0.15, -0.1) is 11.5 Å². The summed E-state index contributed by atoms with van der Waals surface area (Å²) in [4.78, 5) is 115. The smallest absolute Gasteiger partial charge is 0.410 e. The van der Waals surface area contributed by atoms with Crippen LogP contribution in [0.25, 0.3) is 21.9 Å². The fraction of sp³-hybridized carbons (Fsp3) is 0.370. The number of carboxylic acids is 1. The van der Waals surface area contributed by atoms with E-state index in [1.165, 1.54) is 30.7 Å². The first-order valence-corrected chi connectivity index (χ1v) is 31.6. The second-order valence-corrected chi connectivity index (χ2v) is 26.0. The molecule has 6 aromatic carbocycles. The molecule has 96 heavy (non-hydrogen) atoms. The van der Waals surface area contributed by atoms with Crippen molar-refractivity contribution in [3.05, 3.63) is 179 Å². The summed E-state index contributed by atoms with van der Waals surface area (Å²) in [6, 6.07) is 33.8. The number of hydrogen-bond donors (Lipinski definition) is 5. The number of terminal acetylenes is 1. The number of carbonyl (C=O) groups is 8. The summed E-state index contributed by atoms with van der Waals surface area (Å²) in [5, 5.41) is 32.2. The van der Waals surface area contributed by atoms with Gasteiger partial charge in [0, 0.05) is 38.8 Å². The first kappa shape index (κ1) is 69.6. The predicted molar refractivity (Wildman–Crippen MR) is 356 cm³/mol. The Bertz CT molecular complexity index is 3980. The minimum Gasteiger partial charge on any atom is -0.487 e. The summed E-state index contributed by atoms with van der Waals surface area (Å²) in [5.74, 6) is -1.87. The molecular weight excluding hydrogens is 1230 g/mol. The van der Waals surface area contributed by atoms with Gasteiger partial charge in [-0.25, -0.2) is 23.9 Å². The molecule has 0 radical (unpaired) electrons. The molecule has 502 valence electrons. The molecule has 23 nitrogen and oxygen atoms in total. The largest absolute Gasteiger partial charge is 0.487 e. The van der Waals surface area contributed by atoms with E-state index in [0.29, 0.717) is 33.9 Å². The third kappa shape index (κ3) is 17.3. The quantitative estimate of drug-likeness (QED) is 0.0205. The lowest BCUT2D eigenvalue weighted by molar-refractivity contribution is -0.146. The fourth-order valence-corrected chi connectivity index (χ4v) is 11.8. The van der Waals surface area contributed by atoms with Gasteiger partial charge in [0.1, 0.15) is 78.9 Å². The van der Waals surface area contributed by atoms with Gasteiger partial charge in [0.25, 0.3) is 0 Å². The number of aromatic nitrogens is 3. The molecule has 0 saturated carbocycles. The van der Waals surface area contributed by atoms with E-state index < -0.39 is 101 Å². The molecule has 23 heteroatoms. The molecule has 1 fully saturated rings. The predicted octanol–water partition coefficient (Wildman–Crippen LogP) is 8.11. The number of likely N-dealkylation sites (N-methyl/N-ethyl adjacent to an activating group) is 1. The highest BCUT2D eigenvalue weighted by Gasteiger charge is 2.49. The number of ether oxygens (including phenoxy) is 5. The Morgan fingerprint density at radius 1 is 0.698 bits per heavy atom. The average molecular weight is 1310 g/mol. The molecule has 1 unspecified atom stereocenters. The second kappa shape index (κ2) is 30.5. The number of benzene rings is 6. The molecule has 9 rings (SSSR count). The van der Waals surface area contributed by atoms with E-state index in [-0.39, 0.29) is 58.0 Å². The molecule has 1 aliphatic carbocycles. The molecule has 5 N–H and O–H groups in total. The highest BCUT2D eigenvalue weighted by molar-refractivity contribution is 5.97. The maximum Gasteiger partial charge on any atom is 0.410 e. The van der Waals surface area contributed by atoms with Crippen LogP contribution in [0, 0.1) is 17.8 Å². The van der Waals surface area contributed by atoms with Crippen molar-refractivity contribution in [2.24, 2.45) is 5.41 Å². The van der Waals surface area contributed by atoms with Gasteiger partial charge in [-0.05, 0) is 114 Å². The number of esters is 1. The van der Waals surface area contributed by atoms with Crippen molar-refractivity contribution in [3.8, 4) is 35.0 Å². The second-order valence-electron chi connectivity index (χ2n) is 26.0. The first-order chi connectivity index (χ1) is 45.8. The summed E-state index contributed by atoms with van der Waals surface area (Å²) >= 11 is 0. The van der Waals surface area contributed by atoms with Crippen molar-refractivity contribution < 1.29 is 67.1 Å². The van der Waals surface area contributed by atoms with Crippen molar-refractivity contribution in [2.45, 2.75) is 135 Å². The van der Waals surface area contributed by atoms with Crippen LogP contribution in [0.3, 0.4) is 0 Å². The molecular formula is C73H81N9O14. The minimum absolute atomic E-state index is 0.0284. The molecule has 2 aliphatic rings. The number of fused-ring (bicyclic) bond motifs is 4. The van der Waals surface area contributed by atoms with Gasteiger partial charge in [-0.1, -0.05) is 147 Å². The van der Waals surface area contributed by atoms with E-state index in [4.69, 9.17) is 30.1 Å². The van der Waals surface area contributed by atoms with E-state index in [1.54, 1.807) is 96.3 Å². The van der Waals surface area contributed by atoms with E-state index >= 15 is 9.59 Å². The normalized spacial score (nSPS) is 15.8. The third-order valence-electron chi connectivity index (χ3n) is 16.9. The Morgan fingerprint density at radius 3 is 1.89 bits per heavy atom. The summed E-state index contributed by atoms with van der Waals surface area (Å²) in [7, 11) is 2.64. The Kier molecular flexibility index (Phi) is 22.1. The molecule has 7 aromatic rings. The van der Waals surface area contributed by atoms with Crippen molar-refractivity contribution in [1.82, 2.24) is 46.1 Å². The molecule has 0 bridgehead atoms. The number of rotatable bonds is 25. The van der Waals surface area contributed by atoms with Gasteiger partial charge in [0.05, 0.1) is 19.3 Å². The topological polar surface area (TPSA) is 288 Å². The van der Waals surface area contributed by atoms with Gasteiger partial charge in [0.15, 0.2) is 0 Å². The standard InChI is InChI=1S/C73H81N9O14/c1-11-36-93-51-30-25-45(26-31-51)38-59(68(87)88)75-65(84)58(40-47-24-29-48-18-12-13-19-49(48)37-47)74-66(85)62-61(34-35-81(62)67(86)63(72(3,4)5)77-64(83)44(2)80(9)71(91)96-73(6,7)8)82-41-50(78-79-82)42-94-52-32-27-46(28-33-52)39-60(69(89)92-10)76-70(90)95-43-57-55-22-16-14-20-53(55)54-21-15-17-23-56(54)57/h1,12-33,37,41,44,57-63H,34-36,38-40,42-43H2,2-10H3,(H,74,85)(H,75,84)(H,76,90)(H,77,83)(H,87,88)/t44-,58-,59?,60-,61+,62-,63+/m0/s1. The van der Waals surface area contributed by atoms with Gasteiger partial charge in [-0.3, -0.25) is 24.1 Å². The number of aliphatic carboxylic acids is 1. The molecule has 6 amide bonds. The van der Waals surface area contributed by atoms with Crippen LogP contribution in [0.4, 0.5) is 9.59 Å². The average Bonchev–Trinajstić information content (AvgIpc) is 1.59. The van der Waals surface area contributed by atoms with Crippen molar-refractivity contribution in [1.29, 1.82) is 0 Å². The van der Waals surface area contributed by atoms with Crippen LogP contribution in [-0.2, 0) is 68.8 Å². The van der Waals surface area contributed by atoms with Gasteiger partial charge >= 0.3 is 24.1 Å². The zero-order chi connectivity index (χ0) is 69.0. The Balaban J connectivity index is 0.940. The lowest BCUT2D eigenvalue weighted by Gasteiger charge is -2.37. The van der Waals surface area contributed by atoms with Crippen molar-refractivity contribution in [3.63, 3.8) is 0 Å². The number of nitrogens with one attached hydrogen (secondary N) is 4. The van der Waals surface area contributed by atoms with Crippen LogP contribution in [0.5, 0.6) is 11.5 Å².